The number of rotatable bonds is 2. The molecule has 0 N–H and O–H groups in total. The van der Waals surface area contributed by atoms with Gasteiger partial charge >= 0.3 is 0 Å². The molecule has 0 aliphatic carbocycles. The number of carbonyl (C=O) groups excluding carboxylic acids is 1. The lowest BCUT2D eigenvalue weighted by Gasteiger charge is -2.32. The van der Waals surface area contributed by atoms with Crippen molar-refractivity contribution in [2.45, 2.75) is 38.2 Å². The lowest BCUT2D eigenvalue weighted by atomic mass is 9.96. The van der Waals surface area contributed by atoms with Crippen LogP contribution < -0.4 is 4.74 Å². The third kappa shape index (κ3) is 2.86. The number of ether oxygens (including phenoxy) is 1. The summed E-state index contributed by atoms with van der Waals surface area (Å²) >= 11 is 6.01. The van der Waals surface area contributed by atoms with Crippen LogP contribution in [0, 0.1) is 6.92 Å². The van der Waals surface area contributed by atoms with Gasteiger partial charge in [-0.3, -0.25) is 4.79 Å². The van der Waals surface area contributed by atoms with Crippen LogP contribution in [0.25, 0.3) is 0 Å². The van der Waals surface area contributed by atoms with Crippen LogP contribution in [-0.4, -0.2) is 40.1 Å². The fraction of sp³-hybridized carbons (Fsp3) is 0.471. The van der Waals surface area contributed by atoms with Crippen LogP contribution in [-0.2, 0) is 11.2 Å². The monoisotopic (exact) mass is 347 g/mol. The molecule has 1 saturated heterocycles. The van der Waals surface area contributed by atoms with Gasteiger partial charge in [-0.25, -0.2) is 0 Å². The fourth-order valence-corrected chi connectivity index (χ4v) is 3.62. The van der Waals surface area contributed by atoms with Gasteiger partial charge in [0.2, 0.25) is 5.89 Å². The standard InChI is InChI=1S/C17H18ClN3O3/c1-10-19-16(20-24-10)11-3-2-6-21(9-11)17(22)15-8-12-7-13(18)4-5-14(12)23-15/h4-5,7,11,15H,2-3,6,8-9H2,1H3/t11-,15-/m0/s1. The van der Waals surface area contributed by atoms with E-state index in [1.54, 1.807) is 13.0 Å². The predicted molar refractivity (Wildman–Crippen MR) is 87.2 cm³/mol. The van der Waals surface area contributed by atoms with Crippen molar-refractivity contribution in [1.29, 1.82) is 0 Å². The topological polar surface area (TPSA) is 68.5 Å². The van der Waals surface area contributed by atoms with Gasteiger partial charge in [0.25, 0.3) is 5.91 Å². The molecule has 1 amide bonds. The molecule has 2 aliphatic heterocycles. The van der Waals surface area contributed by atoms with E-state index < -0.39 is 6.10 Å². The Morgan fingerprint density at radius 2 is 2.29 bits per heavy atom. The molecule has 0 unspecified atom stereocenters. The lowest BCUT2D eigenvalue weighted by Crippen LogP contribution is -2.46. The van der Waals surface area contributed by atoms with Crippen molar-refractivity contribution in [3.63, 3.8) is 0 Å². The van der Waals surface area contributed by atoms with Gasteiger partial charge in [0.15, 0.2) is 11.9 Å². The Kier molecular flexibility index (Phi) is 3.92. The number of piperidine rings is 1. The molecule has 0 spiro atoms. The smallest absolute Gasteiger partial charge is 0.264 e. The van der Waals surface area contributed by atoms with E-state index >= 15 is 0 Å². The number of aromatic nitrogens is 2. The normalized spacial score (nSPS) is 23.0. The van der Waals surface area contributed by atoms with E-state index in [0.29, 0.717) is 29.7 Å². The molecule has 3 heterocycles. The van der Waals surface area contributed by atoms with Crippen molar-refractivity contribution in [3.05, 3.63) is 40.5 Å². The Labute approximate surface area is 144 Å². The first kappa shape index (κ1) is 15.4. The fourth-order valence-electron chi connectivity index (χ4n) is 3.43. The van der Waals surface area contributed by atoms with Crippen LogP contribution in [0.3, 0.4) is 0 Å². The third-order valence-corrected chi connectivity index (χ3v) is 4.85. The summed E-state index contributed by atoms with van der Waals surface area (Å²) < 4.78 is 10.9. The molecular formula is C17H18ClN3O3. The SMILES string of the molecule is Cc1nc([C@H]2CCCN(C(=O)[C@@H]3Cc4cc(Cl)ccc4O3)C2)no1. The maximum absolute atomic E-state index is 12.8. The van der Waals surface area contributed by atoms with E-state index in [1.807, 2.05) is 17.0 Å². The molecule has 0 bridgehead atoms. The van der Waals surface area contributed by atoms with E-state index in [0.717, 1.165) is 30.7 Å². The maximum Gasteiger partial charge on any atom is 0.264 e. The Morgan fingerprint density at radius 3 is 3.08 bits per heavy atom. The number of likely N-dealkylation sites (tertiary alicyclic amines) is 1. The summed E-state index contributed by atoms with van der Waals surface area (Å²) in [5, 5.41) is 4.67. The van der Waals surface area contributed by atoms with Crippen LogP contribution in [0.5, 0.6) is 5.75 Å². The Hall–Kier alpha value is -2.08. The number of halogens is 1. The molecule has 126 valence electrons. The molecule has 0 radical (unpaired) electrons. The number of hydrogen-bond donors (Lipinski definition) is 0. The first-order chi connectivity index (χ1) is 11.6. The Bertz CT molecular complexity index is 776. The number of fused-ring (bicyclic) bond motifs is 1. The molecule has 2 atom stereocenters. The summed E-state index contributed by atoms with van der Waals surface area (Å²) in [6.45, 7) is 3.12. The second-order valence-corrected chi connectivity index (χ2v) is 6.79. The highest BCUT2D eigenvalue weighted by Crippen LogP contribution is 2.33. The molecule has 1 aromatic carbocycles. The summed E-state index contributed by atoms with van der Waals surface area (Å²) in [4.78, 5) is 19.0. The zero-order valence-electron chi connectivity index (χ0n) is 13.4. The van der Waals surface area contributed by atoms with Gasteiger partial charge in [-0.1, -0.05) is 16.8 Å². The lowest BCUT2D eigenvalue weighted by molar-refractivity contribution is -0.139. The van der Waals surface area contributed by atoms with E-state index in [2.05, 4.69) is 10.1 Å². The van der Waals surface area contributed by atoms with Gasteiger partial charge in [0.05, 0.1) is 0 Å². The molecule has 4 rings (SSSR count). The van der Waals surface area contributed by atoms with Gasteiger partial charge in [-0.15, -0.1) is 0 Å². The van der Waals surface area contributed by atoms with Crippen LogP contribution >= 0.6 is 11.6 Å². The van der Waals surface area contributed by atoms with E-state index in [4.69, 9.17) is 20.9 Å². The molecular weight excluding hydrogens is 330 g/mol. The molecule has 24 heavy (non-hydrogen) atoms. The quantitative estimate of drug-likeness (QED) is 0.835. The maximum atomic E-state index is 12.8. The number of amides is 1. The van der Waals surface area contributed by atoms with Gasteiger partial charge in [0, 0.05) is 37.4 Å². The average molecular weight is 348 g/mol. The molecule has 2 aromatic rings. The zero-order valence-corrected chi connectivity index (χ0v) is 14.1. The first-order valence-electron chi connectivity index (χ1n) is 8.14. The number of carbonyl (C=O) groups is 1. The van der Waals surface area contributed by atoms with Crippen molar-refractivity contribution in [2.24, 2.45) is 0 Å². The number of benzene rings is 1. The first-order valence-corrected chi connectivity index (χ1v) is 8.52. The summed E-state index contributed by atoms with van der Waals surface area (Å²) in [6.07, 6.45) is 1.99. The van der Waals surface area contributed by atoms with Crippen molar-refractivity contribution in [2.75, 3.05) is 13.1 Å². The van der Waals surface area contributed by atoms with Crippen molar-refractivity contribution in [1.82, 2.24) is 15.0 Å². The Morgan fingerprint density at radius 1 is 1.42 bits per heavy atom. The minimum Gasteiger partial charge on any atom is -0.480 e. The van der Waals surface area contributed by atoms with E-state index in [-0.39, 0.29) is 11.8 Å². The van der Waals surface area contributed by atoms with Crippen LogP contribution in [0.15, 0.2) is 22.7 Å². The zero-order chi connectivity index (χ0) is 16.7. The second kappa shape index (κ2) is 6.09. The second-order valence-electron chi connectivity index (χ2n) is 6.36. The van der Waals surface area contributed by atoms with Crippen molar-refractivity contribution < 1.29 is 14.1 Å². The van der Waals surface area contributed by atoms with E-state index in [1.165, 1.54) is 0 Å². The number of hydrogen-bond acceptors (Lipinski definition) is 5. The highest BCUT2D eigenvalue weighted by Gasteiger charge is 2.35. The largest absolute Gasteiger partial charge is 0.480 e. The molecule has 1 aromatic heterocycles. The Balaban J connectivity index is 1.45. The number of aryl methyl sites for hydroxylation is 1. The summed E-state index contributed by atoms with van der Waals surface area (Å²) in [5.41, 5.74) is 0.989. The highest BCUT2D eigenvalue weighted by molar-refractivity contribution is 6.30. The minimum absolute atomic E-state index is 0.0206. The predicted octanol–water partition coefficient (Wildman–Crippen LogP) is 2.74. The third-order valence-electron chi connectivity index (χ3n) is 4.61. The van der Waals surface area contributed by atoms with Crippen molar-refractivity contribution in [3.8, 4) is 5.75 Å². The van der Waals surface area contributed by atoms with Gasteiger partial charge < -0.3 is 14.2 Å². The molecule has 7 heteroatoms. The molecule has 2 aliphatic rings. The minimum atomic E-state index is -0.468. The van der Waals surface area contributed by atoms with Gasteiger partial charge in [-0.2, -0.15) is 4.98 Å². The van der Waals surface area contributed by atoms with E-state index in [9.17, 15) is 4.79 Å². The van der Waals surface area contributed by atoms with Crippen LogP contribution in [0.2, 0.25) is 5.02 Å². The summed E-state index contributed by atoms with van der Waals surface area (Å²) in [6, 6.07) is 5.47. The summed E-state index contributed by atoms with van der Waals surface area (Å²) in [5.74, 6) is 2.14. The average Bonchev–Trinajstić information content (AvgIpc) is 3.20. The van der Waals surface area contributed by atoms with Crippen LogP contribution in [0.4, 0.5) is 0 Å². The van der Waals surface area contributed by atoms with Gasteiger partial charge in [-0.05, 0) is 36.6 Å². The van der Waals surface area contributed by atoms with Crippen LogP contribution in [0.1, 0.15) is 36.0 Å². The number of nitrogens with zero attached hydrogens (tertiary/aromatic N) is 3. The van der Waals surface area contributed by atoms with Gasteiger partial charge in [0.1, 0.15) is 5.75 Å². The summed E-state index contributed by atoms with van der Waals surface area (Å²) in [7, 11) is 0. The van der Waals surface area contributed by atoms with Crippen molar-refractivity contribution >= 4 is 17.5 Å². The molecule has 6 nitrogen and oxygen atoms in total. The molecule has 1 fully saturated rings. The molecule has 0 saturated carbocycles. The highest BCUT2D eigenvalue weighted by atomic mass is 35.5.